The van der Waals surface area contributed by atoms with Gasteiger partial charge in [-0.25, -0.2) is 0 Å². The topological polar surface area (TPSA) is 26.3 Å². The van der Waals surface area contributed by atoms with Gasteiger partial charge in [-0.3, -0.25) is 4.79 Å². The van der Waals surface area contributed by atoms with Crippen molar-refractivity contribution in [2.45, 2.75) is 64.5 Å². The van der Waals surface area contributed by atoms with Crippen LogP contribution >= 0.6 is 23.5 Å². The van der Waals surface area contributed by atoms with Gasteiger partial charge in [0, 0.05) is 17.4 Å². The molecular formula is C15H30O2S2. The number of hydrogen-bond donors (Lipinski definition) is 0. The minimum atomic E-state index is -0.0397. The summed E-state index contributed by atoms with van der Waals surface area (Å²) in [5, 5.41) is 0.467. The molecule has 0 aliphatic carbocycles. The maximum Gasteiger partial charge on any atom is 0.305 e. The first-order valence-electron chi connectivity index (χ1n) is 7.59. The molecule has 0 fully saturated rings. The number of hydrogen-bond acceptors (Lipinski definition) is 4. The lowest BCUT2D eigenvalue weighted by molar-refractivity contribution is -0.143. The van der Waals surface area contributed by atoms with Crippen LogP contribution in [0.5, 0.6) is 0 Å². The Morgan fingerprint density at radius 2 is 1.74 bits per heavy atom. The van der Waals surface area contributed by atoms with E-state index in [1.54, 1.807) is 0 Å². The summed E-state index contributed by atoms with van der Waals surface area (Å²) in [5.41, 5.74) is 0. The molecule has 0 aromatic heterocycles. The van der Waals surface area contributed by atoms with Crippen LogP contribution < -0.4 is 0 Å². The summed E-state index contributed by atoms with van der Waals surface area (Å²) in [5.74, 6) is 3.47. The third-order valence-corrected chi connectivity index (χ3v) is 5.41. The van der Waals surface area contributed by atoms with Crippen molar-refractivity contribution in [1.82, 2.24) is 0 Å². The molecule has 0 saturated carbocycles. The van der Waals surface area contributed by atoms with Gasteiger partial charge >= 0.3 is 5.97 Å². The van der Waals surface area contributed by atoms with Gasteiger partial charge in [0.2, 0.25) is 0 Å². The van der Waals surface area contributed by atoms with E-state index < -0.39 is 0 Å². The molecule has 0 aromatic carbocycles. The summed E-state index contributed by atoms with van der Waals surface area (Å²) in [6.45, 7) is 7.04. The molecule has 4 heteroatoms. The Labute approximate surface area is 127 Å². The molecule has 1 unspecified atom stereocenters. The highest BCUT2D eigenvalue weighted by Gasteiger charge is 2.12. The zero-order chi connectivity index (χ0) is 14.3. The highest BCUT2D eigenvalue weighted by atomic mass is 32.2. The lowest BCUT2D eigenvalue weighted by atomic mass is 10.3. The average Bonchev–Trinajstić information content (AvgIpc) is 2.40. The fourth-order valence-corrected chi connectivity index (χ4v) is 4.11. The van der Waals surface area contributed by atoms with Gasteiger partial charge in [0.1, 0.15) is 6.61 Å². The first-order chi connectivity index (χ1) is 9.24. The van der Waals surface area contributed by atoms with Crippen LogP contribution in [0, 0.1) is 0 Å². The van der Waals surface area contributed by atoms with Gasteiger partial charge in [0.25, 0.3) is 0 Å². The van der Waals surface area contributed by atoms with Gasteiger partial charge in [-0.1, -0.05) is 33.6 Å². The summed E-state index contributed by atoms with van der Waals surface area (Å²) >= 11 is 3.96. The average molecular weight is 307 g/mol. The van der Waals surface area contributed by atoms with E-state index in [0.29, 0.717) is 18.3 Å². The number of rotatable bonds is 13. The second-order valence-corrected chi connectivity index (χ2v) is 7.27. The summed E-state index contributed by atoms with van der Waals surface area (Å²) in [6, 6.07) is 0. The van der Waals surface area contributed by atoms with Crippen molar-refractivity contribution in [3.63, 3.8) is 0 Å². The number of unbranched alkanes of at least 4 members (excludes halogenated alkanes) is 2. The van der Waals surface area contributed by atoms with E-state index >= 15 is 0 Å². The largest absolute Gasteiger partial charge is 0.464 e. The Balaban J connectivity index is 3.84. The zero-order valence-corrected chi connectivity index (χ0v) is 14.4. The van der Waals surface area contributed by atoms with Gasteiger partial charge in [-0.05, 0) is 30.8 Å². The fraction of sp³-hybridized carbons (Fsp3) is 0.933. The van der Waals surface area contributed by atoms with Crippen molar-refractivity contribution in [3.05, 3.63) is 0 Å². The first-order valence-corrected chi connectivity index (χ1v) is 9.79. The van der Waals surface area contributed by atoms with Gasteiger partial charge in [0.15, 0.2) is 0 Å². The van der Waals surface area contributed by atoms with Crippen LogP contribution in [-0.4, -0.2) is 35.1 Å². The molecular weight excluding hydrogens is 276 g/mol. The van der Waals surface area contributed by atoms with E-state index in [1.165, 1.54) is 37.2 Å². The molecule has 0 aliphatic rings. The molecule has 0 N–H and O–H groups in total. The fourth-order valence-electron chi connectivity index (χ4n) is 1.46. The van der Waals surface area contributed by atoms with Crippen LogP contribution in [-0.2, 0) is 9.53 Å². The van der Waals surface area contributed by atoms with Crippen LogP contribution in [0.1, 0.15) is 59.3 Å². The minimum Gasteiger partial charge on any atom is -0.464 e. The molecule has 0 rings (SSSR count). The Morgan fingerprint density at radius 3 is 2.37 bits per heavy atom. The van der Waals surface area contributed by atoms with Crippen molar-refractivity contribution in [2.24, 2.45) is 0 Å². The highest BCUT2D eigenvalue weighted by molar-refractivity contribution is 8.03. The zero-order valence-electron chi connectivity index (χ0n) is 12.8. The summed E-state index contributed by atoms with van der Waals surface area (Å²) < 4.78 is 5.36. The standard InChI is InChI=1S/C15H30O2S2/c1-4-7-10-18-13-14(19-11-8-5-2)12-17-15(16)9-6-3/h14H,4-13H2,1-3H3. The molecule has 0 aliphatic heterocycles. The van der Waals surface area contributed by atoms with E-state index in [1.807, 2.05) is 30.4 Å². The maximum absolute atomic E-state index is 11.4. The molecule has 0 bridgehead atoms. The van der Waals surface area contributed by atoms with E-state index in [9.17, 15) is 4.79 Å². The number of carbonyl (C=O) groups is 1. The predicted octanol–water partition coefficient (Wildman–Crippen LogP) is 4.76. The van der Waals surface area contributed by atoms with Gasteiger partial charge in [-0.2, -0.15) is 23.5 Å². The lowest BCUT2D eigenvalue weighted by Crippen LogP contribution is -2.19. The van der Waals surface area contributed by atoms with E-state index in [2.05, 4.69) is 13.8 Å². The predicted molar refractivity (Wildman–Crippen MR) is 89.3 cm³/mol. The Bertz CT molecular complexity index is 210. The molecule has 0 saturated heterocycles. The van der Waals surface area contributed by atoms with Crippen LogP contribution in [0.25, 0.3) is 0 Å². The third kappa shape index (κ3) is 12.9. The Hall–Kier alpha value is 0.170. The van der Waals surface area contributed by atoms with Crippen molar-refractivity contribution in [2.75, 3.05) is 23.9 Å². The number of ether oxygens (including phenoxy) is 1. The monoisotopic (exact) mass is 306 g/mol. The Morgan fingerprint density at radius 1 is 1.05 bits per heavy atom. The number of carbonyl (C=O) groups excluding carboxylic acids is 1. The summed E-state index contributed by atoms with van der Waals surface area (Å²) in [7, 11) is 0. The van der Waals surface area contributed by atoms with Crippen LogP contribution in [0.2, 0.25) is 0 Å². The molecule has 2 nitrogen and oxygen atoms in total. The van der Waals surface area contributed by atoms with Gasteiger partial charge in [0.05, 0.1) is 0 Å². The van der Waals surface area contributed by atoms with E-state index in [0.717, 1.165) is 12.2 Å². The van der Waals surface area contributed by atoms with Crippen LogP contribution in [0.15, 0.2) is 0 Å². The minimum absolute atomic E-state index is 0.0397. The first kappa shape index (κ1) is 19.2. The Kier molecular flexibility index (Phi) is 14.7. The van der Waals surface area contributed by atoms with Gasteiger partial charge in [-0.15, -0.1) is 0 Å². The molecule has 0 aromatic rings. The molecule has 0 spiro atoms. The second-order valence-electron chi connectivity index (χ2n) is 4.71. The molecule has 0 amide bonds. The molecule has 114 valence electrons. The quantitative estimate of drug-likeness (QED) is 0.362. The van der Waals surface area contributed by atoms with Crippen molar-refractivity contribution in [1.29, 1.82) is 0 Å². The van der Waals surface area contributed by atoms with Crippen molar-refractivity contribution >= 4 is 29.5 Å². The number of thioether (sulfide) groups is 2. The van der Waals surface area contributed by atoms with Crippen molar-refractivity contribution in [3.8, 4) is 0 Å². The number of esters is 1. The smallest absolute Gasteiger partial charge is 0.305 e. The molecule has 0 radical (unpaired) electrons. The normalized spacial score (nSPS) is 12.4. The molecule has 19 heavy (non-hydrogen) atoms. The lowest BCUT2D eigenvalue weighted by Gasteiger charge is -2.16. The third-order valence-electron chi connectivity index (χ3n) is 2.68. The summed E-state index contributed by atoms with van der Waals surface area (Å²) in [4.78, 5) is 11.4. The van der Waals surface area contributed by atoms with Gasteiger partial charge < -0.3 is 4.74 Å². The molecule has 0 heterocycles. The van der Waals surface area contributed by atoms with E-state index in [4.69, 9.17) is 4.74 Å². The van der Waals surface area contributed by atoms with Crippen LogP contribution in [0.4, 0.5) is 0 Å². The highest BCUT2D eigenvalue weighted by Crippen LogP contribution is 2.19. The maximum atomic E-state index is 11.4. The van der Waals surface area contributed by atoms with E-state index in [-0.39, 0.29) is 5.97 Å². The van der Waals surface area contributed by atoms with Crippen LogP contribution in [0.3, 0.4) is 0 Å². The van der Waals surface area contributed by atoms with Crippen molar-refractivity contribution < 1.29 is 9.53 Å². The SMILES string of the molecule is CCCCSCC(COC(=O)CCC)SCCCC. The molecule has 1 atom stereocenters. The second kappa shape index (κ2) is 14.6. The summed E-state index contributed by atoms with van der Waals surface area (Å²) in [6.07, 6.45) is 6.45.